The molecule has 3 rings (SSSR count). The number of nitrogens with zero attached hydrogens (tertiary/aromatic N) is 3. The summed E-state index contributed by atoms with van der Waals surface area (Å²) in [4.78, 5) is 33.0. The van der Waals surface area contributed by atoms with Gasteiger partial charge < -0.3 is 19.0 Å². The van der Waals surface area contributed by atoms with Crippen molar-refractivity contribution in [2.24, 2.45) is 11.3 Å². The van der Waals surface area contributed by atoms with Gasteiger partial charge in [0.1, 0.15) is 5.76 Å². The van der Waals surface area contributed by atoms with Gasteiger partial charge in [-0.25, -0.2) is 0 Å². The Balaban J connectivity index is 1.68. The first-order valence-corrected chi connectivity index (χ1v) is 13.6. The summed E-state index contributed by atoms with van der Waals surface area (Å²) in [6.07, 6.45) is 3.79. The summed E-state index contributed by atoms with van der Waals surface area (Å²) in [5.74, 6) is 1.00. The maximum absolute atomic E-state index is 13.6. The Labute approximate surface area is 222 Å². The fourth-order valence-corrected chi connectivity index (χ4v) is 4.98. The number of morpholine rings is 1. The lowest BCUT2D eigenvalue weighted by Crippen LogP contribution is -2.47. The average Bonchev–Trinajstić information content (AvgIpc) is 3.37. The van der Waals surface area contributed by atoms with E-state index in [-0.39, 0.29) is 29.7 Å². The maximum atomic E-state index is 13.6. The number of ether oxygens (including phenoxy) is 1. The highest BCUT2D eigenvalue weighted by atomic mass is 16.5. The van der Waals surface area contributed by atoms with Crippen molar-refractivity contribution in [2.75, 3.05) is 52.5 Å². The van der Waals surface area contributed by atoms with Crippen LogP contribution in [0.2, 0.25) is 0 Å². The van der Waals surface area contributed by atoms with Gasteiger partial charge in [-0.2, -0.15) is 0 Å². The van der Waals surface area contributed by atoms with E-state index < -0.39 is 0 Å². The minimum absolute atomic E-state index is 0.0499. The smallest absolute Gasteiger partial charge is 0.242 e. The van der Waals surface area contributed by atoms with Gasteiger partial charge in [-0.05, 0) is 41.9 Å². The lowest BCUT2D eigenvalue weighted by Gasteiger charge is -2.32. The molecule has 0 N–H and O–H groups in total. The van der Waals surface area contributed by atoms with Crippen molar-refractivity contribution in [2.45, 2.75) is 53.5 Å². The first-order chi connectivity index (χ1) is 17.7. The van der Waals surface area contributed by atoms with Crippen LogP contribution in [0.4, 0.5) is 0 Å². The topological polar surface area (TPSA) is 66.2 Å². The second-order valence-electron chi connectivity index (χ2n) is 11.5. The fourth-order valence-electron chi connectivity index (χ4n) is 4.98. The zero-order valence-corrected chi connectivity index (χ0v) is 23.2. The van der Waals surface area contributed by atoms with Gasteiger partial charge in [0, 0.05) is 39.1 Å². The van der Waals surface area contributed by atoms with Crippen LogP contribution in [0.1, 0.15) is 51.9 Å². The van der Waals surface area contributed by atoms with E-state index in [1.807, 2.05) is 35.2 Å². The van der Waals surface area contributed by atoms with Gasteiger partial charge >= 0.3 is 0 Å². The molecule has 1 aliphatic rings. The Morgan fingerprint density at radius 2 is 1.70 bits per heavy atom. The second-order valence-corrected chi connectivity index (χ2v) is 11.5. The van der Waals surface area contributed by atoms with Crippen LogP contribution in [-0.2, 0) is 27.3 Å². The monoisotopic (exact) mass is 511 g/mol. The van der Waals surface area contributed by atoms with Crippen LogP contribution in [0, 0.1) is 11.3 Å². The predicted molar refractivity (Wildman–Crippen MR) is 146 cm³/mol. The molecule has 0 bridgehead atoms. The first kappa shape index (κ1) is 28.9. The van der Waals surface area contributed by atoms with E-state index >= 15 is 0 Å². The van der Waals surface area contributed by atoms with E-state index in [2.05, 4.69) is 44.7 Å². The Morgan fingerprint density at radius 3 is 2.35 bits per heavy atom. The van der Waals surface area contributed by atoms with Crippen molar-refractivity contribution < 1.29 is 18.7 Å². The minimum Gasteiger partial charge on any atom is -0.467 e. The molecular weight excluding hydrogens is 466 g/mol. The van der Waals surface area contributed by atoms with E-state index in [0.29, 0.717) is 39.3 Å². The van der Waals surface area contributed by atoms with Gasteiger partial charge in [-0.15, -0.1) is 0 Å². The van der Waals surface area contributed by atoms with E-state index in [4.69, 9.17) is 9.15 Å². The van der Waals surface area contributed by atoms with Crippen LogP contribution in [0.15, 0.2) is 53.1 Å². The van der Waals surface area contributed by atoms with Crippen LogP contribution in [0.25, 0.3) is 0 Å². The van der Waals surface area contributed by atoms with Crippen LogP contribution >= 0.6 is 0 Å². The van der Waals surface area contributed by atoms with E-state index in [9.17, 15) is 9.59 Å². The molecule has 37 heavy (non-hydrogen) atoms. The number of carbonyl (C=O) groups is 2. The lowest BCUT2D eigenvalue weighted by atomic mass is 9.84. The van der Waals surface area contributed by atoms with Crippen LogP contribution < -0.4 is 0 Å². The van der Waals surface area contributed by atoms with Gasteiger partial charge in [0.2, 0.25) is 11.8 Å². The molecule has 204 valence electrons. The number of carbonyl (C=O) groups excluding carboxylic acids is 2. The molecule has 0 saturated carbocycles. The largest absolute Gasteiger partial charge is 0.467 e. The highest BCUT2D eigenvalue weighted by Gasteiger charge is 2.25. The maximum Gasteiger partial charge on any atom is 0.242 e. The summed E-state index contributed by atoms with van der Waals surface area (Å²) in [5.41, 5.74) is 1.34. The Morgan fingerprint density at radius 1 is 0.973 bits per heavy atom. The number of hydrogen-bond acceptors (Lipinski definition) is 5. The van der Waals surface area contributed by atoms with Gasteiger partial charge in [0.05, 0.1) is 32.6 Å². The van der Waals surface area contributed by atoms with Crippen molar-refractivity contribution in [3.8, 4) is 0 Å². The summed E-state index contributed by atoms with van der Waals surface area (Å²) in [6.45, 7) is 14.2. The molecule has 1 saturated heterocycles. The van der Waals surface area contributed by atoms with Gasteiger partial charge in [0.15, 0.2) is 0 Å². The first-order valence-electron chi connectivity index (χ1n) is 13.6. The Kier molecular flexibility index (Phi) is 11.2. The summed E-state index contributed by atoms with van der Waals surface area (Å²) in [7, 11) is 0. The third kappa shape index (κ3) is 10.7. The number of rotatable bonds is 13. The molecule has 0 aliphatic carbocycles. The number of amides is 2. The number of hydrogen-bond donors (Lipinski definition) is 0. The van der Waals surface area contributed by atoms with Gasteiger partial charge in [-0.3, -0.25) is 14.5 Å². The van der Waals surface area contributed by atoms with Gasteiger partial charge in [0.25, 0.3) is 0 Å². The van der Waals surface area contributed by atoms with Crippen LogP contribution in [-0.4, -0.2) is 79.0 Å². The van der Waals surface area contributed by atoms with E-state index in [1.54, 1.807) is 11.2 Å². The fraction of sp³-hybridized carbons (Fsp3) is 0.600. The zero-order chi connectivity index (χ0) is 26.7. The van der Waals surface area contributed by atoms with Crippen molar-refractivity contribution in [1.82, 2.24) is 14.7 Å². The van der Waals surface area contributed by atoms with Crippen molar-refractivity contribution in [3.63, 3.8) is 0 Å². The Hall–Kier alpha value is -2.64. The highest BCUT2D eigenvalue weighted by Crippen LogP contribution is 2.26. The summed E-state index contributed by atoms with van der Waals surface area (Å²) < 4.78 is 11.0. The summed E-state index contributed by atoms with van der Waals surface area (Å²) >= 11 is 0. The molecule has 1 unspecified atom stereocenters. The third-order valence-electron chi connectivity index (χ3n) is 6.75. The minimum atomic E-state index is -0.0499. The van der Waals surface area contributed by atoms with E-state index in [1.165, 1.54) is 5.56 Å². The molecule has 2 heterocycles. The molecule has 1 aromatic heterocycles. The molecule has 1 atom stereocenters. The molecule has 2 amide bonds. The molecule has 7 heteroatoms. The van der Waals surface area contributed by atoms with Crippen molar-refractivity contribution in [3.05, 3.63) is 60.1 Å². The van der Waals surface area contributed by atoms with Crippen molar-refractivity contribution >= 4 is 11.8 Å². The van der Waals surface area contributed by atoms with Gasteiger partial charge in [-0.1, -0.05) is 58.0 Å². The third-order valence-corrected chi connectivity index (χ3v) is 6.75. The summed E-state index contributed by atoms with van der Waals surface area (Å²) in [5, 5.41) is 0. The standard InChI is InChI=1S/C30H45N3O4/c1-25(22-30(2,3)4)21-28(34)33(15-14-31-16-19-36-20-17-31)24-29(35)32(23-27-11-8-18-37-27)13-12-26-9-6-5-7-10-26/h5-11,18,25H,12-17,19-24H2,1-4H3. The highest BCUT2D eigenvalue weighted by molar-refractivity contribution is 5.85. The normalized spacial score (nSPS) is 15.4. The second kappa shape index (κ2) is 14.3. The lowest BCUT2D eigenvalue weighted by molar-refractivity contribution is -0.142. The molecule has 0 spiro atoms. The zero-order valence-electron chi connectivity index (χ0n) is 23.2. The molecule has 2 aromatic rings. The molecule has 0 radical (unpaired) electrons. The van der Waals surface area contributed by atoms with Crippen molar-refractivity contribution in [1.29, 1.82) is 0 Å². The molecule has 1 fully saturated rings. The predicted octanol–water partition coefficient (Wildman–Crippen LogP) is 4.47. The van der Waals surface area contributed by atoms with Crippen LogP contribution in [0.5, 0.6) is 0 Å². The molecule has 1 aliphatic heterocycles. The number of benzene rings is 1. The molecule has 1 aromatic carbocycles. The van der Waals surface area contributed by atoms with Crippen LogP contribution in [0.3, 0.4) is 0 Å². The molecule has 7 nitrogen and oxygen atoms in total. The Bertz CT molecular complexity index is 933. The number of furan rings is 1. The SMILES string of the molecule is CC(CC(=O)N(CCN1CCOCC1)CC(=O)N(CCc1ccccc1)Cc1ccco1)CC(C)(C)C. The van der Waals surface area contributed by atoms with E-state index in [0.717, 1.165) is 38.2 Å². The molecular formula is C30H45N3O4. The average molecular weight is 512 g/mol. The summed E-state index contributed by atoms with van der Waals surface area (Å²) in [6, 6.07) is 13.9. The quantitative estimate of drug-likeness (QED) is 0.397.